The quantitative estimate of drug-likeness (QED) is 0.0265. The van der Waals surface area contributed by atoms with Gasteiger partial charge in [0.25, 0.3) is 0 Å². The molecule has 0 heterocycles. The van der Waals surface area contributed by atoms with Gasteiger partial charge in [0.2, 0.25) is 0 Å². The Kier molecular flexibility index (Phi) is 43.4. The molecule has 0 aromatic heterocycles. The molecule has 0 amide bonds. The monoisotopic (exact) mass is 777 g/mol. The predicted molar refractivity (Wildman–Crippen MR) is 233 cm³/mol. The maximum atomic E-state index is 12.7. The number of carbonyl (C=O) groups is 3. The van der Waals surface area contributed by atoms with Gasteiger partial charge in [0.05, 0.1) is 0 Å². The van der Waals surface area contributed by atoms with Crippen LogP contribution in [0.4, 0.5) is 0 Å². The minimum Gasteiger partial charge on any atom is -0.462 e. The van der Waals surface area contributed by atoms with E-state index in [1.165, 1.54) is 161 Å². The highest BCUT2D eigenvalue weighted by Crippen LogP contribution is 2.15. The molecule has 0 aliphatic heterocycles. The van der Waals surface area contributed by atoms with Crippen molar-refractivity contribution in [2.24, 2.45) is 0 Å². The fraction of sp³-hybridized carbons (Fsp3) is 0.898. The van der Waals surface area contributed by atoms with Gasteiger partial charge in [-0.2, -0.15) is 0 Å². The maximum absolute atomic E-state index is 12.7. The van der Waals surface area contributed by atoms with Crippen LogP contribution in [0.1, 0.15) is 265 Å². The highest BCUT2D eigenvalue weighted by molar-refractivity contribution is 5.71. The average Bonchev–Trinajstić information content (AvgIpc) is 3.18. The Morgan fingerprint density at radius 2 is 0.600 bits per heavy atom. The standard InChI is InChI=1S/C49H92O6/c1-4-7-10-13-16-19-21-22-23-24-25-26-27-28-31-33-36-39-42-48(51)54-45-46(44-53-47(50)41-38-35-32-29-18-15-12-9-6-3)55-49(52)43-40-37-34-30-20-17-14-11-8-5-2/h25-26,46H,4-24,27-45H2,1-3H3/b26-25-. The van der Waals surface area contributed by atoms with Crippen LogP contribution in [-0.4, -0.2) is 37.2 Å². The second-order valence-corrected chi connectivity index (χ2v) is 16.4. The number of hydrogen-bond donors (Lipinski definition) is 0. The van der Waals surface area contributed by atoms with E-state index in [4.69, 9.17) is 14.2 Å². The summed E-state index contributed by atoms with van der Waals surface area (Å²) in [5, 5.41) is 0. The lowest BCUT2D eigenvalue weighted by molar-refractivity contribution is -0.167. The predicted octanol–water partition coefficient (Wildman–Crippen LogP) is 15.4. The van der Waals surface area contributed by atoms with Gasteiger partial charge in [-0.05, 0) is 44.9 Å². The SMILES string of the molecule is CCCCCCCCCCC/C=C\CCCCCCCC(=O)OCC(COC(=O)CCCCCCCCCCC)OC(=O)CCCCCCCCCCCC. The molecule has 0 spiro atoms. The molecule has 0 saturated carbocycles. The Labute approximate surface area is 341 Å². The zero-order valence-corrected chi connectivity index (χ0v) is 37.0. The lowest BCUT2D eigenvalue weighted by atomic mass is 10.1. The van der Waals surface area contributed by atoms with Crippen molar-refractivity contribution in [1.82, 2.24) is 0 Å². The Hall–Kier alpha value is -1.85. The number of allylic oxidation sites excluding steroid dienone is 2. The van der Waals surface area contributed by atoms with Crippen LogP contribution in [0, 0.1) is 0 Å². The normalized spacial score (nSPS) is 12.0. The summed E-state index contributed by atoms with van der Waals surface area (Å²) < 4.78 is 16.7. The van der Waals surface area contributed by atoms with E-state index in [1.807, 2.05) is 0 Å². The molecule has 324 valence electrons. The van der Waals surface area contributed by atoms with E-state index >= 15 is 0 Å². The second kappa shape index (κ2) is 44.9. The molecule has 0 aliphatic rings. The van der Waals surface area contributed by atoms with Crippen LogP contribution in [0.2, 0.25) is 0 Å². The maximum Gasteiger partial charge on any atom is 0.306 e. The highest BCUT2D eigenvalue weighted by atomic mass is 16.6. The van der Waals surface area contributed by atoms with Crippen LogP contribution in [0.5, 0.6) is 0 Å². The van der Waals surface area contributed by atoms with E-state index in [2.05, 4.69) is 32.9 Å². The fourth-order valence-corrected chi connectivity index (χ4v) is 7.08. The first-order valence-corrected chi connectivity index (χ1v) is 24.2. The molecule has 0 bridgehead atoms. The first-order chi connectivity index (χ1) is 27.0. The van der Waals surface area contributed by atoms with Crippen LogP contribution in [-0.2, 0) is 28.6 Å². The summed E-state index contributed by atoms with van der Waals surface area (Å²) in [5.41, 5.74) is 0. The third-order valence-electron chi connectivity index (χ3n) is 10.8. The van der Waals surface area contributed by atoms with Crippen molar-refractivity contribution in [3.63, 3.8) is 0 Å². The smallest absolute Gasteiger partial charge is 0.306 e. The number of hydrogen-bond acceptors (Lipinski definition) is 6. The first-order valence-electron chi connectivity index (χ1n) is 24.2. The minimum atomic E-state index is -0.764. The Morgan fingerprint density at radius 1 is 0.345 bits per heavy atom. The van der Waals surface area contributed by atoms with Crippen molar-refractivity contribution in [2.75, 3.05) is 13.2 Å². The number of ether oxygens (including phenoxy) is 3. The van der Waals surface area contributed by atoms with E-state index in [0.717, 1.165) is 64.2 Å². The summed E-state index contributed by atoms with van der Waals surface area (Å²) in [6.45, 7) is 6.62. The molecular formula is C49H92O6. The van der Waals surface area contributed by atoms with Gasteiger partial charge in [-0.25, -0.2) is 0 Å². The van der Waals surface area contributed by atoms with Crippen LogP contribution < -0.4 is 0 Å². The van der Waals surface area contributed by atoms with E-state index in [0.29, 0.717) is 19.3 Å². The highest BCUT2D eigenvalue weighted by Gasteiger charge is 2.19. The molecule has 0 radical (unpaired) electrons. The van der Waals surface area contributed by atoms with Gasteiger partial charge in [-0.1, -0.05) is 213 Å². The minimum absolute atomic E-state index is 0.0685. The number of unbranched alkanes of at least 4 members (excludes halogenated alkanes) is 31. The Morgan fingerprint density at radius 3 is 0.909 bits per heavy atom. The van der Waals surface area contributed by atoms with Crippen molar-refractivity contribution in [3.05, 3.63) is 12.2 Å². The molecular weight excluding hydrogens is 685 g/mol. The molecule has 0 fully saturated rings. The van der Waals surface area contributed by atoms with Gasteiger partial charge >= 0.3 is 17.9 Å². The van der Waals surface area contributed by atoms with Crippen LogP contribution in [0.25, 0.3) is 0 Å². The molecule has 1 atom stereocenters. The van der Waals surface area contributed by atoms with Gasteiger partial charge < -0.3 is 14.2 Å². The molecule has 1 unspecified atom stereocenters. The lowest BCUT2D eigenvalue weighted by Gasteiger charge is -2.18. The molecule has 55 heavy (non-hydrogen) atoms. The molecule has 0 rings (SSSR count). The Balaban J connectivity index is 4.25. The number of rotatable bonds is 44. The van der Waals surface area contributed by atoms with Crippen molar-refractivity contribution in [3.8, 4) is 0 Å². The molecule has 0 aromatic rings. The molecule has 0 aromatic carbocycles. The number of carbonyl (C=O) groups excluding carboxylic acids is 3. The summed E-state index contributed by atoms with van der Waals surface area (Å²) >= 11 is 0. The van der Waals surface area contributed by atoms with Crippen molar-refractivity contribution < 1.29 is 28.6 Å². The van der Waals surface area contributed by atoms with Gasteiger partial charge in [0, 0.05) is 19.3 Å². The topological polar surface area (TPSA) is 78.9 Å². The van der Waals surface area contributed by atoms with Crippen LogP contribution in [0.15, 0.2) is 12.2 Å². The molecule has 0 saturated heterocycles. The Bertz CT molecular complexity index is 854. The van der Waals surface area contributed by atoms with E-state index in [1.54, 1.807) is 0 Å². The summed E-state index contributed by atoms with van der Waals surface area (Å²) in [6.07, 6.45) is 47.7. The van der Waals surface area contributed by atoms with E-state index in [-0.39, 0.29) is 31.1 Å². The second-order valence-electron chi connectivity index (χ2n) is 16.4. The van der Waals surface area contributed by atoms with Crippen molar-refractivity contribution >= 4 is 17.9 Å². The summed E-state index contributed by atoms with van der Waals surface area (Å²) in [7, 11) is 0. The third kappa shape index (κ3) is 43.1. The van der Waals surface area contributed by atoms with Crippen LogP contribution >= 0.6 is 0 Å². The summed E-state index contributed by atoms with van der Waals surface area (Å²) in [5.74, 6) is -0.871. The number of esters is 3. The van der Waals surface area contributed by atoms with Crippen molar-refractivity contribution in [1.29, 1.82) is 0 Å². The van der Waals surface area contributed by atoms with Crippen molar-refractivity contribution in [2.45, 2.75) is 271 Å². The zero-order chi connectivity index (χ0) is 40.1. The third-order valence-corrected chi connectivity index (χ3v) is 10.8. The molecule has 6 nitrogen and oxygen atoms in total. The average molecular weight is 777 g/mol. The van der Waals surface area contributed by atoms with Gasteiger partial charge in [-0.3, -0.25) is 14.4 Å². The summed E-state index contributed by atoms with van der Waals surface area (Å²) in [4.78, 5) is 37.7. The largest absolute Gasteiger partial charge is 0.462 e. The van der Waals surface area contributed by atoms with Gasteiger partial charge in [0.15, 0.2) is 6.10 Å². The van der Waals surface area contributed by atoms with Crippen LogP contribution in [0.3, 0.4) is 0 Å². The molecule has 0 N–H and O–H groups in total. The first kappa shape index (κ1) is 53.1. The molecule has 6 heteroatoms. The van der Waals surface area contributed by atoms with E-state index in [9.17, 15) is 14.4 Å². The van der Waals surface area contributed by atoms with Gasteiger partial charge in [-0.15, -0.1) is 0 Å². The zero-order valence-electron chi connectivity index (χ0n) is 37.0. The molecule has 0 aliphatic carbocycles. The fourth-order valence-electron chi connectivity index (χ4n) is 7.08. The lowest BCUT2D eigenvalue weighted by Crippen LogP contribution is -2.30. The van der Waals surface area contributed by atoms with E-state index < -0.39 is 6.10 Å². The summed E-state index contributed by atoms with van der Waals surface area (Å²) in [6, 6.07) is 0. The van der Waals surface area contributed by atoms with Gasteiger partial charge in [0.1, 0.15) is 13.2 Å².